The van der Waals surface area contributed by atoms with Crippen LogP contribution >= 0.6 is 11.6 Å². The van der Waals surface area contributed by atoms with Crippen molar-refractivity contribution in [3.05, 3.63) is 75.2 Å². The number of likely N-dealkylation sites (N-methyl/N-ethyl adjacent to an activating group) is 1. The van der Waals surface area contributed by atoms with Gasteiger partial charge in [-0.3, -0.25) is 39.0 Å². The molecule has 2 aromatic carbocycles. The number of carbonyl (C=O) groups excluding carboxylic acids is 5. The molecule has 1 saturated carbocycles. The maximum Gasteiger partial charge on any atom is 0.293 e. The molecule has 1 atom stereocenters. The van der Waals surface area contributed by atoms with Crippen molar-refractivity contribution in [3.63, 3.8) is 0 Å². The summed E-state index contributed by atoms with van der Waals surface area (Å²) in [4.78, 5) is 90.5. The third-order valence-corrected chi connectivity index (χ3v) is 13.4. The fourth-order valence-electron chi connectivity index (χ4n) is 9.69. The fraction of sp³-hybridized carbons (Fsp3) is 0.467. The largest absolute Gasteiger partial charge is 0.478 e. The molecule has 2 aromatic heterocycles. The highest BCUT2D eigenvalue weighted by molar-refractivity contribution is 6.33. The van der Waals surface area contributed by atoms with Crippen molar-refractivity contribution in [3.8, 4) is 5.75 Å². The SMILES string of the molecule is CNC(=O)COc1cc2cc(Nc3nc(N4CCC(OC5CCC6(CC5)CN(c5ccc7c(c5)C(=O)N(C5CCC(=O)NC5=O)C7=O)C6)CC4)ncc3Cl)ccc2n(C(C)C)c1=O. The summed E-state index contributed by atoms with van der Waals surface area (Å²) in [6, 6.07) is 11.5. The summed E-state index contributed by atoms with van der Waals surface area (Å²) in [6.45, 7) is 6.77. The number of fused-ring (bicyclic) bond motifs is 2. The quantitative estimate of drug-likeness (QED) is 0.175. The Hall–Kier alpha value is -6.07. The van der Waals surface area contributed by atoms with E-state index in [1.54, 1.807) is 29.0 Å². The lowest BCUT2D eigenvalue weighted by molar-refractivity contribution is -0.136. The molecule has 4 fully saturated rings. The van der Waals surface area contributed by atoms with Crippen LogP contribution in [0.2, 0.25) is 5.02 Å². The van der Waals surface area contributed by atoms with Crippen molar-refractivity contribution in [2.45, 2.75) is 89.5 Å². The molecule has 17 nitrogen and oxygen atoms in total. The number of imide groups is 2. The molecule has 1 spiro atoms. The van der Waals surface area contributed by atoms with Crippen LogP contribution in [0.3, 0.4) is 0 Å². The van der Waals surface area contributed by atoms with E-state index in [0.29, 0.717) is 28.0 Å². The number of aromatic nitrogens is 3. The zero-order chi connectivity index (χ0) is 44.2. The molecule has 6 heterocycles. The lowest BCUT2D eigenvalue weighted by Crippen LogP contribution is -2.58. The summed E-state index contributed by atoms with van der Waals surface area (Å²) in [5.74, 6) is -1.23. The average molecular weight is 880 g/mol. The van der Waals surface area contributed by atoms with Gasteiger partial charge in [-0.15, -0.1) is 0 Å². The molecule has 63 heavy (non-hydrogen) atoms. The number of nitrogens with one attached hydrogen (secondary N) is 3. The van der Waals surface area contributed by atoms with Crippen molar-refractivity contribution in [1.82, 2.24) is 30.1 Å². The van der Waals surface area contributed by atoms with Gasteiger partial charge in [0.05, 0.1) is 35.0 Å². The summed E-state index contributed by atoms with van der Waals surface area (Å²) >= 11 is 6.60. The Morgan fingerprint density at radius 2 is 1.65 bits per heavy atom. The van der Waals surface area contributed by atoms with Crippen LogP contribution in [0.1, 0.15) is 92.0 Å². The van der Waals surface area contributed by atoms with Gasteiger partial charge in [0.1, 0.15) is 11.1 Å². The third-order valence-electron chi connectivity index (χ3n) is 13.1. The van der Waals surface area contributed by atoms with E-state index in [1.165, 1.54) is 7.05 Å². The summed E-state index contributed by atoms with van der Waals surface area (Å²) < 4.78 is 13.9. The van der Waals surface area contributed by atoms with Gasteiger partial charge in [0, 0.05) is 67.9 Å². The van der Waals surface area contributed by atoms with Gasteiger partial charge in [-0.25, -0.2) is 4.98 Å². The summed E-state index contributed by atoms with van der Waals surface area (Å²) in [5.41, 5.74) is 2.78. The minimum Gasteiger partial charge on any atom is -0.478 e. The highest BCUT2D eigenvalue weighted by atomic mass is 35.5. The lowest BCUT2D eigenvalue weighted by atomic mass is 9.67. The van der Waals surface area contributed by atoms with E-state index in [9.17, 15) is 28.8 Å². The highest BCUT2D eigenvalue weighted by Gasteiger charge is 2.48. The molecular formula is C45H50ClN9O8. The number of piperidine rings is 2. The minimum absolute atomic E-state index is 0.0846. The van der Waals surface area contributed by atoms with Crippen LogP contribution in [-0.4, -0.2) is 107 Å². The average Bonchev–Trinajstić information content (AvgIpc) is 3.50. The molecule has 4 aliphatic heterocycles. The number of rotatable bonds is 11. The van der Waals surface area contributed by atoms with Gasteiger partial charge in [0.15, 0.2) is 18.2 Å². The number of anilines is 4. The molecular weight excluding hydrogens is 830 g/mol. The second-order valence-corrected chi connectivity index (χ2v) is 18.0. The summed E-state index contributed by atoms with van der Waals surface area (Å²) in [6.07, 6.45) is 7.90. The molecule has 9 rings (SSSR count). The van der Waals surface area contributed by atoms with Crippen LogP contribution < -0.4 is 36.0 Å². The van der Waals surface area contributed by atoms with Crippen molar-refractivity contribution in [2.24, 2.45) is 5.41 Å². The summed E-state index contributed by atoms with van der Waals surface area (Å²) in [7, 11) is 1.51. The van der Waals surface area contributed by atoms with Gasteiger partial charge < -0.3 is 34.5 Å². The van der Waals surface area contributed by atoms with Crippen LogP contribution in [0, 0.1) is 5.41 Å². The van der Waals surface area contributed by atoms with Crippen LogP contribution in [-0.2, 0) is 19.1 Å². The number of nitrogens with zero attached hydrogens (tertiary/aromatic N) is 6. The fourth-order valence-corrected chi connectivity index (χ4v) is 9.82. The van der Waals surface area contributed by atoms with Crippen molar-refractivity contribution in [1.29, 1.82) is 0 Å². The molecule has 4 aromatic rings. The Kier molecular flexibility index (Phi) is 11.3. The monoisotopic (exact) mass is 879 g/mol. The first kappa shape index (κ1) is 42.2. The maximum atomic E-state index is 13.4. The van der Waals surface area contributed by atoms with E-state index in [1.807, 2.05) is 38.1 Å². The van der Waals surface area contributed by atoms with Gasteiger partial charge >= 0.3 is 0 Å². The molecule has 3 N–H and O–H groups in total. The van der Waals surface area contributed by atoms with Gasteiger partial charge in [-0.1, -0.05) is 11.6 Å². The molecule has 330 valence electrons. The first-order valence-electron chi connectivity index (χ1n) is 21.6. The Morgan fingerprint density at radius 1 is 0.921 bits per heavy atom. The van der Waals surface area contributed by atoms with E-state index >= 15 is 0 Å². The van der Waals surface area contributed by atoms with E-state index in [2.05, 4.69) is 30.7 Å². The maximum absolute atomic E-state index is 13.4. The molecule has 0 bridgehead atoms. The Balaban J connectivity index is 0.765. The number of benzene rings is 2. The number of ether oxygens (including phenoxy) is 2. The molecule has 5 aliphatic rings. The van der Waals surface area contributed by atoms with E-state index in [4.69, 9.17) is 26.1 Å². The predicted molar refractivity (Wildman–Crippen MR) is 235 cm³/mol. The van der Waals surface area contributed by atoms with Gasteiger partial charge in [-0.2, -0.15) is 4.98 Å². The normalized spacial score (nSPS) is 20.3. The Labute approximate surface area is 368 Å². The number of halogens is 1. The van der Waals surface area contributed by atoms with E-state index in [-0.39, 0.29) is 65.9 Å². The number of carbonyl (C=O) groups is 5. The van der Waals surface area contributed by atoms with Crippen molar-refractivity contribution in [2.75, 3.05) is 55.0 Å². The predicted octanol–water partition coefficient (Wildman–Crippen LogP) is 4.73. The molecule has 0 radical (unpaired) electrons. The van der Waals surface area contributed by atoms with Crippen LogP contribution in [0.4, 0.5) is 23.1 Å². The van der Waals surface area contributed by atoms with Gasteiger partial charge in [0.2, 0.25) is 17.8 Å². The van der Waals surface area contributed by atoms with E-state index < -0.39 is 29.7 Å². The zero-order valence-corrected chi connectivity index (χ0v) is 36.2. The third kappa shape index (κ3) is 8.19. The van der Waals surface area contributed by atoms with Crippen molar-refractivity contribution >= 4 is 75.2 Å². The van der Waals surface area contributed by atoms with E-state index in [0.717, 1.165) is 86.2 Å². The topological polar surface area (TPSA) is 197 Å². The number of pyridine rings is 1. The number of hydrogen-bond acceptors (Lipinski definition) is 13. The molecule has 3 saturated heterocycles. The molecule has 1 aliphatic carbocycles. The smallest absolute Gasteiger partial charge is 0.293 e. The Bertz CT molecular complexity index is 2580. The molecule has 1 unspecified atom stereocenters. The Morgan fingerprint density at radius 3 is 2.37 bits per heavy atom. The second kappa shape index (κ2) is 16.9. The number of hydrogen-bond donors (Lipinski definition) is 3. The highest BCUT2D eigenvalue weighted by Crippen LogP contribution is 2.47. The summed E-state index contributed by atoms with van der Waals surface area (Å²) in [5, 5.41) is 9.18. The molecule has 5 amide bonds. The van der Waals surface area contributed by atoms with Crippen LogP contribution in [0.25, 0.3) is 10.9 Å². The van der Waals surface area contributed by atoms with Crippen molar-refractivity contribution < 1.29 is 33.4 Å². The first-order valence-corrected chi connectivity index (χ1v) is 22.0. The first-order chi connectivity index (χ1) is 30.3. The zero-order valence-electron chi connectivity index (χ0n) is 35.4. The van der Waals surface area contributed by atoms with Crippen LogP contribution in [0.15, 0.2) is 53.5 Å². The van der Waals surface area contributed by atoms with Crippen LogP contribution in [0.5, 0.6) is 5.75 Å². The minimum atomic E-state index is -0.982. The lowest BCUT2D eigenvalue weighted by Gasteiger charge is -2.54. The molecule has 18 heteroatoms. The second-order valence-electron chi connectivity index (χ2n) is 17.6. The number of amides is 5. The van der Waals surface area contributed by atoms with Gasteiger partial charge in [0.25, 0.3) is 23.3 Å². The van der Waals surface area contributed by atoms with Gasteiger partial charge in [-0.05, 0) is 101 Å². The standard InChI is InChI=1S/C45H50ClN9O8/c1-25(2)54-34-7-4-27(18-26(34)19-36(43(54)61)62-22-38(57)47-3)49-39-33(46)21-48-44(51-39)52-16-12-30(13-17-52)63-29-10-14-45(15-11-29)23-53(24-45)28-5-6-31-32(20-28)42(60)55(41(31)59)35-8-9-37(56)50-40(35)58/h4-7,18-21,25,29-30,35H,8-17,22-24H2,1-3H3,(H,47,57)(H,48,49,51)(H,50,56,58).